The van der Waals surface area contributed by atoms with Gasteiger partial charge in [-0.2, -0.15) is 0 Å². The number of nitrogens with one attached hydrogen (secondary N) is 1. The molecule has 1 aromatic rings. The molecule has 1 aromatic carbocycles. The van der Waals surface area contributed by atoms with Gasteiger partial charge in [-0.3, -0.25) is 4.79 Å². The van der Waals surface area contributed by atoms with E-state index in [2.05, 4.69) is 21.2 Å². The minimum atomic E-state index is -0.0953. The minimum Gasteiger partial charge on any atom is -0.486 e. The molecule has 2 rings (SSSR count). The van der Waals surface area contributed by atoms with Crippen LogP contribution < -0.4 is 14.8 Å². The Morgan fingerprint density at radius 2 is 2.17 bits per heavy atom. The van der Waals surface area contributed by atoms with Crippen molar-refractivity contribution in [2.45, 2.75) is 26.3 Å². The molecule has 0 fully saturated rings. The number of amides is 1. The molecular weight excluding hydrogens is 298 g/mol. The second kappa shape index (κ2) is 5.61. The monoisotopic (exact) mass is 313 g/mol. The maximum Gasteiger partial charge on any atom is 0.251 e. The fraction of sp³-hybridized carbons (Fsp3) is 0.462. The van der Waals surface area contributed by atoms with Crippen LogP contribution in [0.1, 0.15) is 30.6 Å². The summed E-state index contributed by atoms with van der Waals surface area (Å²) in [5, 5.41) is 2.92. The van der Waals surface area contributed by atoms with Crippen LogP contribution in [0.5, 0.6) is 11.5 Å². The van der Waals surface area contributed by atoms with E-state index in [0.29, 0.717) is 30.3 Å². The zero-order valence-corrected chi connectivity index (χ0v) is 12.0. The third-order valence-corrected chi connectivity index (χ3v) is 3.44. The molecule has 1 N–H and O–H groups in total. The van der Waals surface area contributed by atoms with Crippen molar-refractivity contribution in [3.05, 3.63) is 22.2 Å². The summed E-state index contributed by atoms with van der Waals surface area (Å²) in [4.78, 5) is 12.0. The zero-order chi connectivity index (χ0) is 13.1. The van der Waals surface area contributed by atoms with Crippen LogP contribution in [-0.4, -0.2) is 25.2 Å². The zero-order valence-electron chi connectivity index (χ0n) is 10.5. The lowest BCUT2D eigenvalue weighted by molar-refractivity contribution is 0.0938. The summed E-state index contributed by atoms with van der Waals surface area (Å²) in [6.07, 6.45) is 0.900. The maximum absolute atomic E-state index is 12.0. The highest BCUT2D eigenvalue weighted by Gasteiger charge is 2.19. The Balaban J connectivity index is 2.24. The van der Waals surface area contributed by atoms with Crippen LogP contribution in [0.3, 0.4) is 0 Å². The summed E-state index contributed by atoms with van der Waals surface area (Å²) in [6.45, 7) is 5.05. The largest absolute Gasteiger partial charge is 0.486 e. The number of halogens is 1. The average molecular weight is 314 g/mol. The lowest BCUT2D eigenvalue weighted by Crippen LogP contribution is -2.32. The van der Waals surface area contributed by atoms with Gasteiger partial charge >= 0.3 is 0 Å². The Morgan fingerprint density at radius 3 is 2.89 bits per heavy atom. The van der Waals surface area contributed by atoms with Crippen LogP contribution in [-0.2, 0) is 0 Å². The molecule has 1 heterocycles. The van der Waals surface area contributed by atoms with Crippen LogP contribution >= 0.6 is 15.9 Å². The molecular formula is C13H16BrNO3. The molecule has 0 aliphatic carbocycles. The van der Waals surface area contributed by atoms with Gasteiger partial charge in [0, 0.05) is 11.6 Å². The van der Waals surface area contributed by atoms with Crippen molar-refractivity contribution < 1.29 is 14.3 Å². The van der Waals surface area contributed by atoms with E-state index in [9.17, 15) is 4.79 Å². The van der Waals surface area contributed by atoms with Crippen LogP contribution in [0.2, 0.25) is 0 Å². The number of hydrogen-bond acceptors (Lipinski definition) is 3. The van der Waals surface area contributed by atoms with Gasteiger partial charge in [-0.1, -0.05) is 6.92 Å². The van der Waals surface area contributed by atoms with Gasteiger partial charge in [0.2, 0.25) is 0 Å². The highest BCUT2D eigenvalue weighted by atomic mass is 79.9. The quantitative estimate of drug-likeness (QED) is 0.933. The summed E-state index contributed by atoms with van der Waals surface area (Å²) in [7, 11) is 0. The first-order valence-electron chi connectivity index (χ1n) is 6.01. The standard InChI is InChI=1S/C13H16BrNO3/c1-3-8(2)15-13(16)9-6-10(14)12-11(7-9)17-4-5-18-12/h6-8H,3-5H2,1-2H3,(H,15,16)/t8-/m0/s1. The molecule has 0 unspecified atom stereocenters. The van der Waals surface area contributed by atoms with E-state index < -0.39 is 0 Å². The molecule has 4 nitrogen and oxygen atoms in total. The number of carbonyl (C=O) groups is 1. The van der Waals surface area contributed by atoms with Gasteiger partial charge in [0.05, 0.1) is 4.47 Å². The van der Waals surface area contributed by atoms with Crippen LogP contribution in [0.15, 0.2) is 16.6 Å². The van der Waals surface area contributed by atoms with Gasteiger partial charge in [0.1, 0.15) is 13.2 Å². The van der Waals surface area contributed by atoms with Crippen molar-refractivity contribution >= 4 is 21.8 Å². The van der Waals surface area contributed by atoms with Crippen LogP contribution in [0.25, 0.3) is 0 Å². The van der Waals surface area contributed by atoms with Gasteiger partial charge in [0.15, 0.2) is 11.5 Å². The van der Waals surface area contributed by atoms with E-state index in [4.69, 9.17) is 9.47 Å². The Bertz CT molecular complexity index is 462. The van der Waals surface area contributed by atoms with Crippen molar-refractivity contribution in [1.29, 1.82) is 0 Å². The maximum atomic E-state index is 12.0. The van der Waals surface area contributed by atoms with E-state index in [1.165, 1.54) is 0 Å². The van der Waals surface area contributed by atoms with Crippen molar-refractivity contribution in [3.63, 3.8) is 0 Å². The van der Waals surface area contributed by atoms with E-state index >= 15 is 0 Å². The molecule has 1 aliphatic heterocycles. The minimum absolute atomic E-state index is 0.0953. The average Bonchev–Trinajstić information content (AvgIpc) is 2.38. The van der Waals surface area contributed by atoms with Crippen molar-refractivity contribution in [2.75, 3.05) is 13.2 Å². The second-order valence-corrected chi connectivity index (χ2v) is 5.12. The highest BCUT2D eigenvalue weighted by molar-refractivity contribution is 9.10. The van der Waals surface area contributed by atoms with Gasteiger partial charge < -0.3 is 14.8 Å². The number of rotatable bonds is 3. The van der Waals surface area contributed by atoms with Gasteiger partial charge in [-0.15, -0.1) is 0 Å². The molecule has 18 heavy (non-hydrogen) atoms. The topological polar surface area (TPSA) is 47.6 Å². The SMILES string of the molecule is CC[C@H](C)NC(=O)c1cc(Br)c2c(c1)OCCO2. The Hall–Kier alpha value is -1.23. The summed E-state index contributed by atoms with van der Waals surface area (Å²) >= 11 is 3.40. The van der Waals surface area contributed by atoms with Gasteiger partial charge in [0.25, 0.3) is 5.91 Å². The number of ether oxygens (including phenoxy) is 2. The molecule has 0 saturated heterocycles. The Kier molecular flexibility index (Phi) is 4.11. The first-order chi connectivity index (χ1) is 8.61. The van der Waals surface area contributed by atoms with Gasteiger partial charge in [-0.25, -0.2) is 0 Å². The number of benzene rings is 1. The summed E-state index contributed by atoms with van der Waals surface area (Å²) in [6, 6.07) is 3.63. The molecule has 1 atom stereocenters. The molecule has 0 radical (unpaired) electrons. The summed E-state index contributed by atoms with van der Waals surface area (Å²) in [5.41, 5.74) is 0.575. The number of hydrogen-bond donors (Lipinski definition) is 1. The van der Waals surface area contributed by atoms with E-state index in [0.717, 1.165) is 10.9 Å². The van der Waals surface area contributed by atoms with E-state index in [1.54, 1.807) is 12.1 Å². The van der Waals surface area contributed by atoms with Crippen LogP contribution in [0, 0.1) is 0 Å². The van der Waals surface area contributed by atoms with Crippen molar-refractivity contribution in [3.8, 4) is 11.5 Å². The van der Waals surface area contributed by atoms with Gasteiger partial charge in [-0.05, 0) is 41.4 Å². The van der Waals surface area contributed by atoms with E-state index in [1.807, 2.05) is 13.8 Å². The predicted molar refractivity (Wildman–Crippen MR) is 72.4 cm³/mol. The smallest absolute Gasteiger partial charge is 0.251 e. The third kappa shape index (κ3) is 2.77. The summed E-state index contributed by atoms with van der Waals surface area (Å²) < 4.78 is 11.7. The Morgan fingerprint density at radius 1 is 1.44 bits per heavy atom. The number of carbonyl (C=O) groups excluding carboxylic acids is 1. The molecule has 1 amide bonds. The van der Waals surface area contributed by atoms with Crippen molar-refractivity contribution in [1.82, 2.24) is 5.32 Å². The molecule has 0 spiro atoms. The normalized spacial score (nSPS) is 15.1. The Labute approximate surface area is 115 Å². The van der Waals surface area contributed by atoms with Crippen molar-refractivity contribution in [2.24, 2.45) is 0 Å². The summed E-state index contributed by atoms with van der Waals surface area (Å²) in [5.74, 6) is 1.19. The molecule has 98 valence electrons. The fourth-order valence-corrected chi connectivity index (χ4v) is 2.21. The molecule has 0 bridgehead atoms. The predicted octanol–water partition coefficient (Wildman–Crippen LogP) is 2.75. The molecule has 5 heteroatoms. The molecule has 1 aliphatic rings. The van der Waals surface area contributed by atoms with Crippen LogP contribution in [0.4, 0.5) is 0 Å². The first-order valence-corrected chi connectivity index (χ1v) is 6.81. The highest BCUT2D eigenvalue weighted by Crippen LogP contribution is 2.38. The lowest BCUT2D eigenvalue weighted by Gasteiger charge is -2.20. The number of fused-ring (bicyclic) bond motifs is 1. The molecule has 0 saturated carbocycles. The van der Waals surface area contributed by atoms with E-state index in [-0.39, 0.29) is 11.9 Å². The lowest BCUT2D eigenvalue weighted by atomic mass is 10.1. The molecule has 0 aromatic heterocycles. The third-order valence-electron chi connectivity index (χ3n) is 2.85. The second-order valence-electron chi connectivity index (χ2n) is 4.27. The first kappa shape index (κ1) is 13.2. The fourth-order valence-electron chi connectivity index (χ4n) is 1.65.